The summed E-state index contributed by atoms with van der Waals surface area (Å²) in [5.74, 6) is 1.16. The predicted molar refractivity (Wildman–Crippen MR) is 112 cm³/mol. The number of fused-ring (bicyclic) bond motifs is 1. The molecule has 2 atom stereocenters. The van der Waals surface area contributed by atoms with Crippen molar-refractivity contribution >= 4 is 28.6 Å². The van der Waals surface area contributed by atoms with E-state index in [9.17, 15) is 4.79 Å². The van der Waals surface area contributed by atoms with E-state index >= 15 is 0 Å². The van der Waals surface area contributed by atoms with Crippen molar-refractivity contribution in [3.05, 3.63) is 46.7 Å². The number of hydrogen-bond acceptors (Lipinski definition) is 6. The van der Waals surface area contributed by atoms with Crippen molar-refractivity contribution in [1.29, 1.82) is 0 Å². The summed E-state index contributed by atoms with van der Waals surface area (Å²) in [6, 6.07) is 9.29. The smallest absolute Gasteiger partial charge is 0.410 e. The third-order valence-electron chi connectivity index (χ3n) is 5.30. The Morgan fingerprint density at radius 1 is 1.33 bits per heavy atom. The molecule has 0 bridgehead atoms. The molecule has 30 heavy (non-hydrogen) atoms. The second kappa shape index (κ2) is 8.02. The van der Waals surface area contributed by atoms with Crippen LogP contribution in [0.2, 0.25) is 5.15 Å². The fourth-order valence-corrected chi connectivity index (χ4v) is 3.67. The van der Waals surface area contributed by atoms with Crippen LogP contribution in [0.1, 0.15) is 18.2 Å². The van der Waals surface area contributed by atoms with Gasteiger partial charge in [0.25, 0.3) is 0 Å². The lowest BCUT2D eigenvalue weighted by atomic mass is 10.2. The Morgan fingerprint density at radius 3 is 2.77 bits per heavy atom. The van der Waals surface area contributed by atoms with E-state index in [1.54, 1.807) is 22.8 Å². The topological polar surface area (TPSA) is 78.7 Å². The molecule has 0 N–H and O–H groups in total. The molecule has 1 aliphatic rings. The fourth-order valence-electron chi connectivity index (χ4n) is 3.49. The number of nitrogens with zero attached hydrogens (tertiary/aromatic N) is 4. The van der Waals surface area contributed by atoms with Crippen LogP contribution in [0.25, 0.3) is 10.9 Å². The number of carbonyl (C=O) groups excluding carboxylic acids is 1. The molecule has 0 saturated carbocycles. The van der Waals surface area contributed by atoms with Gasteiger partial charge in [-0.1, -0.05) is 23.7 Å². The van der Waals surface area contributed by atoms with E-state index in [0.717, 1.165) is 22.4 Å². The molecule has 1 aromatic carbocycles. The van der Waals surface area contributed by atoms with Gasteiger partial charge in [0.1, 0.15) is 22.5 Å². The Bertz CT molecular complexity index is 1080. The van der Waals surface area contributed by atoms with Gasteiger partial charge >= 0.3 is 6.09 Å². The van der Waals surface area contributed by atoms with Gasteiger partial charge in [-0.25, -0.2) is 9.78 Å². The zero-order valence-corrected chi connectivity index (χ0v) is 18.0. The molecule has 1 aliphatic heterocycles. The number of cyclic esters (lactones) is 1. The van der Waals surface area contributed by atoms with Crippen molar-refractivity contribution in [3.8, 4) is 11.6 Å². The van der Waals surface area contributed by atoms with E-state index in [1.807, 2.05) is 45.2 Å². The number of amides is 1. The number of benzene rings is 1. The minimum Gasteiger partial charge on any atom is -0.497 e. The minimum atomic E-state index is -0.427. The van der Waals surface area contributed by atoms with Gasteiger partial charge in [0, 0.05) is 25.4 Å². The van der Waals surface area contributed by atoms with Crippen LogP contribution in [0.3, 0.4) is 0 Å². The molecule has 158 valence electrons. The number of aryl methyl sites for hydroxylation is 2. The zero-order valence-electron chi connectivity index (χ0n) is 17.3. The third-order valence-corrected chi connectivity index (χ3v) is 5.50. The minimum absolute atomic E-state index is 0.298. The molecular weight excluding hydrogens is 408 g/mol. The predicted octanol–water partition coefficient (Wildman–Crippen LogP) is 3.73. The van der Waals surface area contributed by atoms with Crippen molar-refractivity contribution < 1.29 is 19.0 Å². The van der Waals surface area contributed by atoms with E-state index in [1.165, 1.54) is 0 Å². The number of pyridine rings is 1. The highest BCUT2D eigenvalue weighted by Crippen LogP contribution is 2.30. The van der Waals surface area contributed by atoms with Crippen molar-refractivity contribution in [2.45, 2.75) is 32.6 Å². The number of aromatic nitrogens is 3. The molecule has 0 spiro atoms. The molecular formula is C21H23ClN4O4. The molecule has 0 radical (unpaired) electrons. The molecule has 3 heterocycles. The van der Waals surface area contributed by atoms with Gasteiger partial charge in [0.15, 0.2) is 6.10 Å². The van der Waals surface area contributed by atoms with Gasteiger partial charge < -0.3 is 19.1 Å². The second-order valence-electron chi connectivity index (χ2n) is 7.33. The first kappa shape index (κ1) is 20.3. The maximum absolute atomic E-state index is 12.4. The van der Waals surface area contributed by atoms with Gasteiger partial charge in [-0.05, 0) is 31.5 Å². The average molecular weight is 431 g/mol. The van der Waals surface area contributed by atoms with Crippen LogP contribution < -0.4 is 9.47 Å². The van der Waals surface area contributed by atoms with Crippen molar-refractivity contribution in [2.75, 3.05) is 13.7 Å². The quantitative estimate of drug-likeness (QED) is 0.554. The van der Waals surface area contributed by atoms with E-state index in [-0.39, 0.29) is 6.09 Å². The Kier molecular flexibility index (Phi) is 5.42. The summed E-state index contributed by atoms with van der Waals surface area (Å²) in [7, 11) is 3.47. The van der Waals surface area contributed by atoms with Crippen LogP contribution in [-0.2, 0) is 18.3 Å². The number of rotatable bonds is 6. The largest absolute Gasteiger partial charge is 0.497 e. The molecule has 1 unspecified atom stereocenters. The fraction of sp³-hybridized carbons (Fsp3) is 0.381. The highest BCUT2D eigenvalue weighted by atomic mass is 35.5. The van der Waals surface area contributed by atoms with Gasteiger partial charge in [-0.3, -0.25) is 4.68 Å². The van der Waals surface area contributed by atoms with E-state index < -0.39 is 12.2 Å². The van der Waals surface area contributed by atoms with Crippen LogP contribution in [0, 0.1) is 6.92 Å². The molecule has 0 aliphatic carbocycles. The number of halogens is 1. The summed E-state index contributed by atoms with van der Waals surface area (Å²) in [6.45, 7) is 4.67. The van der Waals surface area contributed by atoms with Crippen LogP contribution in [0.4, 0.5) is 4.79 Å². The second-order valence-corrected chi connectivity index (χ2v) is 7.71. The van der Waals surface area contributed by atoms with Crippen LogP contribution in [0.15, 0.2) is 30.3 Å². The van der Waals surface area contributed by atoms with E-state index in [4.69, 9.17) is 25.8 Å². The van der Waals surface area contributed by atoms with Gasteiger partial charge in [-0.15, -0.1) is 0 Å². The summed E-state index contributed by atoms with van der Waals surface area (Å²) in [4.78, 5) is 18.4. The van der Waals surface area contributed by atoms with Crippen molar-refractivity contribution in [3.63, 3.8) is 0 Å². The van der Waals surface area contributed by atoms with Crippen molar-refractivity contribution in [1.82, 2.24) is 19.7 Å². The van der Waals surface area contributed by atoms with Crippen LogP contribution >= 0.6 is 11.6 Å². The lowest BCUT2D eigenvalue weighted by Gasteiger charge is -2.19. The first-order chi connectivity index (χ1) is 14.4. The Balaban J connectivity index is 1.47. The Morgan fingerprint density at radius 2 is 2.07 bits per heavy atom. The lowest BCUT2D eigenvalue weighted by Crippen LogP contribution is -2.33. The Labute approximate surface area is 179 Å². The summed E-state index contributed by atoms with van der Waals surface area (Å²) < 4.78 is 18.6. The van der Waals surface area contributed by atoms with E-state index in [2.05, 4.69) is 10.1 Å². The summed E-state index contributed by atoms with van der Waals surface area (Å²) in [5.41, 5.74) is 2.62. The highest BCUT2D eigenvalue weighted by Gasteiger charge is 2.36. The monoisotopic (exact) mass is 430 g/mol. The van der Waals surface area contributed by atoms with Gasteiger partial charge in [-0.2, -0.15) is 5.10 Å². The summed E-state index contributed by atoms with van der Waals surface area (Å²) in [5, 5.41) is 5.53. The number of ether oxygens (including phenoxy) is 3. The van der Waals surface area contributed by atoms with Crippen LogP contribution in [-0.4, -0.2) is 51.6 Å². The average Bonchev–Trinajstić information content (AvgIpc) is 3.21. The normalized spacial score (nSPS) is 17.3. The molecule has 4 rings (SSSR count). The summed E-state index contributed by atoms with van der Waals surface area (Å²) in [6.07, 6.45) is -1.21. The Hall–Kier alpha value is -3.00. The standard InChI is InChI=1S/C21H23ClN4O4/c1-12-19-16(24-25(12)3)9-18(22)23-20(19)29-13(2)17-11-26(21(27)30-17)10-14-5-7-15(28-4)8-6-14/h5-9,13,17H,10-11H2,1-4H3/t13?,17-/m1/s1. The van der Waals surface area contributed by atoms with Gasteiger partial charge in [0.05, 0.1) is 19.0 Å². The lowest BCUT2D eigenvalue weighted by molar-refractivity contribution is 0.0562. The van der Waals surface area contributed by atoms with Gasteiger partial charge in [0.2, 0.25) is 5.88 Å². The molecule has 1 saturated heterocycles. The third kappa shape index (κ3) is 3.87. The first-order valence-electron chi connectivity index (χ1n) is 9.60. The highest BCUT2D eigenvalue weighted by molar-refractivity contribution is 6.30. The molecule has 1 fully saturated rings. The molecule has 1 amide bonds. The van der Waals surface area contributed by atoms with Crippen LogP contribution in [0.5, 0.6) is 11.6 Å². The SMILES string of the molecule is COc1ccc(CN2C[C@H](C(C)Oc3nc(Cl)cc4nn(C)c(C)c34)OC2=O)cc1. The first-order valence-corrected chi connectivity index (χ1v) is 9.98. The van der Waals surface area contributed by atoms with E-state index in [0.29, 0.717) is 29.6 Å². The molecule has 9 heteroatoms. The maximum atomic E-state index is 12.4. The number of carbonyl (C=O) groups is 1. The number of hydrogen-bond donors (Lipinski definition) is 0. The number of methoxy groups -OCH3 is 1. The maximum Gasteiger partial charge on any atom is 0.410 e. The molecule has 2 aromatic heterocycles. The molecule has 8 nitrogen and oxygen atoms in total. The summed E-state index contributed by atoms with van der Waals surface area (Å²) >= 11 is 6.14. The molecule has 3 aromatic rings. The zero-order chi connectivity index (χ0) is 21.4. The van der Waals surface area contributed by atoms with Crippen molar-refractivity contribution in [2.24, 2.45) is 7.05 Å².